The first kappa shape index (κ1) is 33.2. The van der Waals surface area contributed by atoms with Crippen LogP contribution in [0.25, 0.3) is 56.4 Å². The Bertz CT molecular complexity index is 2770. The SMILES string of the molecule is c1ccc(-c2cccc(-c3nc(-c4ccccc4)nc(-c4ccc(-c5cccc6c5Oc5ccccc5C6(c5ccccc5)c5ccccc5)cc4)n3)c2)cc1. The second kappa shape index (κ2) is 14.1. The van der Waals surface area contributed by atoms with Crippen molar-refractivity contribution in [2.24, 2.45) is 0 Å². The first-order valence-electron chi connectivity index (χ1n) is 18.9. The average Bonchev–Trinajstić information content (AvgIpc) is 3.29. The number of nitrogens with zero attached hydrogens (tertiary/aromatic N) is 3. The third-order valence-electron chi connectivity index (χ3n) is 10.7. The number of hydrogen-bond acceptors (Lipinski definition) is 4. The van der Waals surface area contributed by atoms with Crippen LogP contribution in [0.15, 0.2) is 212 Å². The van der Waals surface area contributed by atoms with Gasteiger partial charge in [-0.05, 0) is 39.9 Å². The molecule has 1 aromatic heterocycles. The van der Waals surface area contributed by atoms with Crippen LogP contribution in [-0.4, -0.2) is 15.0 Å². The first-order chi connectivity index (χ1) is 27.8. The molecule has 264 valence electrons. The maximum Gasteiger partial charge on any atom is 0.164 e. The topological polar surface area (TPSA) is 47.9 Å². The molecule has 9 aromatic rings. The number of para-hydroxylation sites is 2. The average molecular weight is 718 g/mol. The Morgan fingerprint density at radius 3 is 1.41 bits per heavy atom. The molecule has 8 aromatic carbocycles. The molecular weight excluding hydrogens is 683 g/mol. The van der Waals surface area contributed by atoms with Crippen LogP contribution in [0.5, 0.6) is 11.5 Å². The first-order valence-corrected chi connectivity index (χ1v) is 18.9. The second-order valence-corrected chi connectivity index (χ2v) is 14.0. The van der Waals surface area contributed by atoms with E-state index in [2.05, 4.69) is 170 Å². The van der Waals surface area contributed by atoms with Gasteiger partial charge in [-0.2, -0.15) is 0 Å². The molecule has 0 aliphatic carbocycles. The lowest BCUT2D eigenvalue weighted by Crippen LogP contribution is -2.34. The minimum Gasteiger partial charge on any atom is -0.456 e. The molecule has 4 heteroatoms. The van der Waals surface area contributed by atoms with E-state index < -0.39 is 5.41 Å². The van der Waals surface area contributed by atoms with E-state index in [0.717, 1.165) is 61.6 Å². The number of fused-ring (bicyclic) bond motifs is 2. The molecule has 0 saturated heterocycles. The van der Waals surface area contributed by atoms with E-state index in [9.17, 15) is 0 Å². The monoisotopic (exact) mass is 717 g/mol. The molecule has 1 aliphatic rings. The van der Waals surface area contributed by atoms with Gasteiger partial charge in [-0.1, -0.05) is 200 Å². The van der Waals surface area contributed by atoms with Gasteiger partial charge in [-0.3, -0.25) is 0 Å². The van der Waals surface area contributed by atoms with Crippen LogP contribution < -0.4 is 4.74 Å². The summed E-state index contributed by atoms with van der Waals surface area (Å²) in [6, 6.07) is 73.8. The predicted octanol–water partition coefficient (Wildman–Crippen LogP) is 12.7. The van der Waals surface area contributed by atoms with Gasteiger partial charge < -0.3 is 4.74 Å². The summed E-state index contributed by atoms with van der Waals surface area (Å²) in [7, 11) is 0. The van der Waals surface area contributed by atoms with Crippen molar-refractivity contribution in [3.05, 3.63) is 235 Å². The van der Waals surface area contributed by atoms with Gasteiger partial charge in [-0.25, -0.2) is 15.0 Å². The Balaban J connectivity index is 1.10. The number of benzene rings is 8. The van der Waals surface area contributed by atoms with E-state index in [0.29, 0.717) is 17.5 Å². The minimum atomic E-state index is -0.588. The fourth-order valence-corrected chi connectivity index (χ4v) is 8.07. The van der Waals surface area contributed by atoms with Crippen LogP contribution in [0.1, 0.15) is 22.3 Å². The van der Waals surface area contributed by atoms with Gasteiger partial charge in [0, 0.05) is 33.4 Å². The van der Waals surface area contributed by atoms with E-state index in [1.54, 1.807) is 0 Å². The summed E-state index contributed by atoms with van der Waals surface area (Å²) < 4.78 is 6.91. The van der Waals surface area contributed by atoms with Crippen molar-refractivity contribution in [1.82, 2.24) is 15.0 Å². The fourth-order valence-electron chi connectivity index (χ4n) is 8.07. The maximum atomic E-state index is 6.91. The van der Waals surface area contributed by atoms with Gasteiger partial charge in [0.05, 0.1) is 5.41 Å². The summed E-state index contributed by atoms with van der Waals surface area (Å²) in [5, 5.41) is 0. The molecule has 56 heavy (non-hydrogen) atoms. The third-order valence-corrected chi connectivity index (χ3v) is 10.7. The van der Waals surface area contributed by atoms with Crippen molar-refractivity contribution in [2.75, 3.05) is 0 Å². The summed E-state index contributed by atoms with van der Waals surface area (Å²) in [6.07, 6.45) is 0. The number of aromatic nitrogens is 3. The standard InChI is InChI=1S/C52H35N3O/c1-5-17-36(18-6-1)40-21-15-22-41(35-40)51-54-49(38-19-7-2-8-20-38)53-50(55-51)39-33-31-37(32-34-39)44-27-16-29-46-48(44)56-47-30-14-13-28-45(47)52(46,42-23-9-3-10-24-42)43-25-11-4-12-26-43/h1-35H. The van der Waals surface area contributed by atoms with Crippen molar-refractivity contribution >= 4 is 0 Å². The molecule has 0 fully saturated rings. The quantitative estimate of drug-likeness (QED) is 0.165. The highest BCUT2D eigenvalue weighted by Crippen LogP contribution is 2.57. The van der Waals surface area contributed by atoms with E-state index in [1.807, 2.05) is 42.5 Å². The molecule has 0 N–H and O–H groups in total. The van der Waals surface area contributed by atoms with Gasteiger partial charge in [0.15, 0.2) is 17.5 Å². The summed E-state index contributed by atoms with van der Waals surface area (Å²) in [4.78, 5) is 15.1. The molecule has 0 spiro atoms. The molecule has 0 radical (unpaired) electrons. The van der Waals surface area contributed by atoms with Crippen molar-refractivity contribution < 1.29 is 4.74 Å². The van der Waals surface area contributed by atoms with E-state index in [4.69, 9.17) is 19.7 Å². The van der Waals surface area contributed by atoms with E-state index >= 15 is 0 Å². The highest BCUT2D eigenvalue weighted by Gasteiger charge is 2.45. The van der Waals surface area contributed by atoms with Gasteiger partial charge in [0.25, 0.3) is 0 Å². The van der Waals surface area contributed by atoms with Gasteiger partial charge in [-0.15, -0.1) is 0 Å². The number of hydrogen-bond donors (Lipinski definition) is 0. The van der Waals surface area contributed by atoms with Gasteiger partial charge in [0.1, 0.15) is 11.5 Å². The Labute approximate surface area is 326 Å². The predicted molar refractivity (Wildman–Crippen MR) is 225 cm³/mol. The van der Waals surface area contributed by atoms with Crippen molar-refractivity contribution in [3.63, 3.8) is 0 Å². The molecule has 0 bridgehead atoms. The molecule has 0 saturated carbocycles. The lowest BCUT2D eigenvalue weighted by Gasteiger charge is -2.42. The van der Waals surface area contributed by atoms with Crippen LogP contribution in [0, 0.1) is 0 Å². The highest BCUT2D eigenvalue weighted by molar-refractivity contribution is 5.81. The summed E-state index contributed by atoms with van der Waals surface area (Å²) in [5.74, 6) is 3.55. The van der Waals surface area contributed by atoms with Crippen molar-refractivity contribution in [3.8, 4) is 67.9 Å². The summed E-state index contributed by atoms with van der Waals surface area (Å²) in [6.45, 7) is 0. The summed E-state index contributed by atoms with van der Waals surface area (Å²) >= 11 is 0. The Morgan fingerprint density at radius 2 is 0.768 bits per heavy atom. The van der Waals surface area contributed by atoms with Crippen LogP contribution in [-0.2, 0) is 5.41 Å². The van der Waals surface area contributed by atoms with E-state index in [-0.39, 0.29) is 0 Å². The number of rotatable bonds is 7. The van der Waals surface area contributed by atoms with Gasteiger partial charge >= 0.3 is 0 Å². The molecular formula is C52H35N3O. The summed E-state index contributed by atoms with van der Waals surface area (Å²) in [5.41, 5.74) is 11.1. The lowest BCUT2D eigenvalue weighted by atomic mass is 9.63. The van der Waals surface area contributed by atoms with Crippen LogP contribution in [0.4, 0.5) is 0 Å². The number of ether oxygens (including phenoxy) is 1. The highest BCUT2D eigenvalue weighted by atomic mass is 16.5. The largest absolute Gasteiger partial charge is 0.456 e. The molecule has 10 rings (SSSR count). The minimum absolute atomic E-state index is 0.588. The zero-order valence-electron chi connectivity index (χ0n) is 30.5. The van der Waals surface area contributed by atoms with Crippen LogP contribution in [0.2, 0.25) is 0 Å². The normalized spacial score (nSPS) is 12.6. The third kappa shape index (κ3) is 5.76. The Hall–Kier alpha value is -7.43. The fraction of sp³-hybridized carbons (Fsp3) is 0.0192. The Kier molecular flexibility index (Phi) is 8.34. The molecule has 0 unspecified atom stereocenters. The molecule has 2 heterocycles. The van der Waals surface area contributed by atoms with Gasteiger partial charge in [0.2, 0.25) is 0 Å². The molecule has 4 nitrogen and oxygen atoms in total. The second-order valence-electron chi connectivity index (χ2n) is 14.0. The van der Waals surface area contributed by atoms with Crippen molar-refractivity contribution in [1.29, 1.82) is 0 Å². The smallest absolute Gasteiger partial charge is 0.164 e. The van der Waals surface area contributed by atoms with Crippen molar-refractivity contribution in [2.45, 2.75) is 5.41 Å². The molecule has 1 aliphatic heterocycles. The molecule has 0 atom stereocenters. The van der Waals surface area contributed by atoms with Crippen LogP contribution in [0.3, 0.4) is 0 Å². The van der Waals surface area contributed by atoms with E-state index in [1.165, 1.54) is 11.1 Å². The zero-order valence-corrected chi connectivity index (χ0v) is 30.5. The zero-order chi connectivity index (χ0) is 37.3. The Morgan fingerprint density at radius 1 is 0.321 bits per heavy atom. The maximum absolute atomic E-state index is 6.91. The lowest BCUT2D eigenvalue weighted by molar-refractivity contribution is 0.436. The molecule has 0 amide bonds. The van der Waals surface area contributed by atoms with Crippen LogP contribution >= 0.6 is 0 Å².